The summed E-state index contributed by atoms with van der Waals surface area (Å²) in [5, 5.41) is 2.93. The number of hydrogen-bond acceptors (Lipinski definition) is 3. The molecule has 138 valence electrons. The van der Waals surface area contributed by atoms with Crippen molar-refractivity contribution in [1.82, 2.24) is 10.2 Å². The summed E-state index contributed by atoms with van der Waals surface area (Å²) in [6.45, 7) is 1.66. The van der Waals surface area contributed by atoms with Crippen molar-refractivity contribution in [2.75, 3.05) is 19.6 Å². The van der Waals surface area contributed by atoms with Gasteiger partial charge in [-0.3, -0.25) is 9.59 Å². The van der Waals surface area contributed by atoms with Gasteiger partial charge in [0.2, 0.25) is 5.91 Å². The van der Waals surface area contributed by atoms with Crippen molar-refractivity contribution in [2.45, 2.75) is 51.0 Å². The third-order valence-corrected chi connectivity index (χ3v) is 5.17. The minimum absolute atomic E-state index is 0. The molecule has 3 rings (SSSR count). The molecule has 0 spiro atoms. The maximum atomic E-state index is 13.1. The van der Waals surface area contributed by atoms with E-state index in [-0.39, 0.29) is 30.3 Å². The highest BCUT2D eigenvalue weighted by Gasteiger charge is 2.30. The van der Waals surface area contributed by atoms with Crippen LogP contribution in [0.3, 0.4) is 0 Å². The molecular weight excluding hydrogens is 338 g/mol. The second kappa shape index (κ2) is 9.20. The van der Waals surface area contributed by atoms with Crippen LogP contribution in [0.15, 0.2) is 18.2 Å². The maximum absolute atomic E-state index is 13.1. The molecule has 1 saturated heterocycles. The summed E-state index contributed by atoms with van der Waals surface area (Å²) < 4.78 is 0. The summed E-state index contributed by atoms with van der Waals surface area (Å²) in [5.74, 6) is 0.0996. The SMILES string of the molecule is Cl.NCCC(=O)NCC1CCCCN1C(=O)c1cccc2c1CCC2. The Kier molecular flexibility index (Phi) is 7.26. The lowest BCUT2D eigenvalue weighted by Gasteiger charge is -2.36. The summed E-state index contributed by atoms with van der Waals surface area (Å²) in [6.07, 6.45) is 6.65. The highest BCUT2D eigenvalue weighted by Crippen LogP contribution is 2.28. The third kappa shape index (κ3) is 4.53. The normalized spacial score (nSPS) is 19.1. The first kappa shape index (κ1) is 19.7. The van der Waals surface area contributed by atoms with E-state index in [4.69, 9.17) is 5.73 Å². The van der Waals surface area contributed by atoms with Crippen LogP contribution >= 0.6 is 12.4 Å². The molecule has 5 nitrogen and oxygen atoms in total. The van der Waals surface area contributed by atoms with Crippen molar-refractivity contribution in [2.24, 2.45) is 5.73 Å². The molecular formula is C19H28ClN3O2. The molecule has 1 aliphatic heterocycles. The average molecular weight is 366 g/mol. The van der Waals surface area contributed by atoms with E-state index in [1.807, 2.05) is 17.0 Å². The van der Waals surface area contributed by atoms with Gasteiger partial charge in [-0.05, 0) is 55.7 Å². The van der Waals surface area contributed by atoms with Crippen LogP contribution in [-0.2, 0) is 17.6 Å². The number of carbonyl (C=O) groups excluding carboxylic acids is 2. The van der Waals surface area contributed by atoms with Gasteiger partial charge in [-0.1, -0.05) is 12.1 Å². The van der Waals surface area contributed by atoms with E-state index in [0.29, 0.717) is 19.5 Å². The van der Waals surface area contributed by atoms with Gasteiger partial charge < -0.3 is 16.0 Å². The fourth-order valence-corrected chi connectivity index (χ4v) is 3.91. The molecule has 2 amide bonds. The number of nitrogens with two attached hydrogens (primary N) is 1. The molecule has 1 fully saturated rings. The number of halogens is 1. The fraction of sp³-hybridized carbons (Fsp3) is 0.579. The van der Waals surface area contributed by atoms with Gasteiger partial charge in [-0.2, -0.15) is 0 Å². The van der Waals surface area contributed by atoms with Gasteiger partial charge in [0.1, 0.15) is 0 Å². The summed E-state index contributed by atoms with van der Waals surface area (Å²) in [5.41, 5.74) is 8.84. The molecule has 6 heteroatoms. The monoisotopic (exact) mass is 365 g/mol. The number of amides is 2. The van der Waals surface area contributed by atoms with E-state index in [2.05, 4.69) is 11.4 Å². The van der Waals surface area contributed by atoms with Gasteiger partial charge in [0.15, 0.2) is 0 Å². The Morgan fingerprint density at radius 2 is 2.04 bits per heavy atom. The zero-order valence-corrected chi connectivity index (χ0v) is 15.4. The van der Waals surface area contributed by atoms with E-state index < -0.39 is 0 Å². The van der Waals surface area contributed by atoms with Crippen LogP contribution in [0.2, 0.25) is 0 Å². The van der Waals surface area contributed by atoms with E-state index in [9.17, 15) is 9.59 Å². The molecule has 1 aliphatic carbocycles. The van der Waals surface area contributed by atoms with Crippen molar-refractivity contribution >= 4 is 24.2 Å². The fourth-order valence-electron chi connectivity index (χ4n) is 3.91. The van der Waals surface area contributed by atoms with E-state index >= 15 is 0 Å². The Bertz CT molecular complexity index is 621. The molecule has 3 N–H and O–H groups in total. The quantitative estimate of drug-likeness (QED) is 0.838. The van der Waals surface area contributed by atoms with Crippen molar-refractivity contribution < 1.29 is 9.59 Å². The Morgan fingerprint density at radius 3 is 2.84 bits per heavy atom. The zero-order chi connectivity index (χ0) is 16.9. The number of hydrogen-bond donors (Lipinski definition) is 2. The molecule has 1 aromatic rings. The van der Waals surface area contributed by atoms with Crippen LogP contribution < -0.4 is 11.1 Å². The standard InChI is InChI=1S/C19H27N3O2.ClH/c20-11-10-18(23)21-13-15-7-1-2-12-22(15)19(24)17-9-4-6-14-5-3-8-16(14)17;/h4,6,9,15H,1-3,5,7-8,10-13,20H2,(H,21,23);1H. The zero-order valence-electron chi connectivity index (χ0n) is 14.6. The van der Waals surface area contributed by atoms with Gasteiger partial charge in [0, 0.05) is 37.7 Å². The minimum atomic E-state index is -0.0314. The lowest BCUT2D eigenvalue weighted by Crippen LogP contribution is -2.49. The summed E-state index contributed by atoms with van der Waals surface area (Å²) in [7, 11) is 0. The number of carbonyl (C=O) groups is 2. The number of nitrogens with one attached hydrogen (secondary N) is 1. The lowest BCUT2D eigenvalue weighted by atomic mass is 9.97. The van der Waals surface area contributed by atoms with Gasteiger partial charge in [0.25, 0.3) is 5.91 Å². The van der Waals surface area contributed by atoms with Gasteiger partial charge in [-0.25, -0.2) is 0 Å². The van der Waals surface area contributed by atoms with Crippen LogP contribution in [0.1, 0.15) is 53.6 Å². The number of aryl methyl sites for hydroxylation is 1. The van der Waals surface area contributed by atoms with Crippen LogP contribution in [-0.4, -0.2) is 42.4 Å². The maximum Gasteiger partial charge on any atom is 0.254 e. The minimum Gasteiger partial charge on any atom is -0.354 e. The highest BCUT2D eigenvalue weighted by atomic mass is 35.5. The van der Waals surface area contributed by atoms with Crippen molar-refractivity contribution in [1.29, 1.82) is 0 Å². The van der Waals surface area contributed by atoms with Crippen LogP contribution in [0, 0.1) is 0 Å². The Balaban J connectivity index is 0.00000225. The average Bonchev–Trinajstić information content (AvgIpc) is 3.08. The summed E-state index contributed by atoms with van der Waals surface area (Å²) in [6, 6.07) is 6.19. The number of benzene rings is 1. The predicted octanol–water partition coefficient (Wildman–Crippen LogP) is 2.06. The molecule has 0 radical (unpaired) electrons. The van der Waals surface area contributed by atoms with Crippen LogP contribution in [0.5, 0.6) is 0 Å². The molecule has 0 bridgehead atoms. The largest absolute Gasteiger partial charge is 0.354 e. The Labute approximate surface area is 155 Å². The molecule has 1 heterocycles. The van der Waals surface area contributed by atoms with Gasteiger partial charge in [0.05, 0.1) is 0 Å². The van der Waals surface area contributed by atoms with E-state index in [1.54, 1.807) is 0 Å². The predicted molar refractivity (Wildman–Crippen MR) is 101 cm³/mol. The van der Waals surface area contributed by atoms with Crippen LogP contribution in [0.25, 0.3) is 0 Å². The Morgan fingerprint density at radius 1 is 1.20 bits per heavy atom. The first-order valence-electron chi connectivity index (χ1n) is 9.09. The molecule has 1 aromatic carbocycles. The van der Waals surface area contributed by atoms with Gasteiger partial charge in [-0.15, -0.1) is 12.4 Å². The molecule has 0 saturated carbocycles. The highest BCUT2D eigenvalue weighted by molar-refractivity contribution is 5.96. The molecule has 25 heavy (non-hydrogen) atoms. The van der Waals surface area contributed by atoms with Crippen molar-refractivity contribution in [3.63, 3.8) is 0 Å². The summed E-state index contributed by atoms with van der Waals surface area (Å²) >= 11 is 0. The van der Waals surface area contributed by atoms with Crippen LogP contribution in [0.4, 0.5) is 0 Å². The second-order valence-corrected chi connectivity index (χ2v) is 6.79. The number of likely N-dealkylation sites (tertiary alicyclic amines) is 1. The lowest BCUT2D eigenvalue weighted by molar-refractivity contribution is -0.121. The molecule has 1 atom stereocenters. The number of rotatable bonds is 5. The number of nitrogens with zero attached hydrogens (tertiary/aromatic N) is 1. The van der Waals surface area contributed by atoms with Crippen molar-refractivity contribution in [3.05, 3.63) is 34.9 Å². The number of fused-ring (bicyclic) bond motifs is 1. The molecule has 2 aliphatic rings. The second-order valence-electron chi connectivity index (χ2n) is 6.79. The van der Waals surface area contributed by atoms with Crippen molar-refractivity contribution in [3.8, 4) is 0 Å². The Hall–Kier alpha value is -1.59. The van der Waals surface area contributed by atoms with Gasteiger partial charge >= 0.3 is 0 Å². The number of piperidine rings is 1. The first-order valence-corrected chi connectivity index (χ1v) is 9.09. The summed E-state index contributed by atoms with van der Waals surface area (Å²) in [4.78, 5) is 26.8. The molecule has 0 aromatic heterocycles. The van der Waals surface area contributed by atoms with E-state index in [1.165, 1.54) is 11.1 Å². The topological polar surface area (TPSA) is 75.4 Å². The van der Waals surface area contributed by atoms with E-state index in [0.717, 1.165) is 50.6 Å². The third-order valence-electron chi connectivity index (χ3n) is 5.17. The first-order chi connectivity index (χ1) is 11.7. The smallest absolute Gasteiger partial charge is 0.254 e. The molecule has 1 unspecified atom stereocenters.